The van der Waals surface area contributed by atoms with Crippen molar-refractivity contribution in [3.05, 3.63) is 54.1 Å². The Morgan fingerprint density at radius 2 is 1.94 bits per heavy atom. The van der Waals surface area contributed by atoms with Crippen LogP contribution in [0, 0.1) is 11.8 Å². The Morgan fingerprint density at radius 3 is 2.74 bits per heavy atom. The van der Waals surface area contributed by atoms with Crippen molar-refractivity contribution in [3.63, 3.8) is 0 Å². The van der Waals surface area contributed by atoms with Crippen LogP contribution in [0.2, 0.25) is 0 Å². The molecule has 0 unspecified atom stereocenters. The van der Waals surface area contributed by atoms with Gasteiger partial charge in [0.25, 0.3) is 0 Å². The Balaban J connectivity index is 1.04. The number of rotatable bonds is 9. The van der Waals surface area contributed by atoms with E-state index in [1.165, 1.54) is 16.5 Å². The summed E-state index contributed by atoms with van der Waals surface area (Å²) in [7, 11) is 3.23. The van der Waals surface area contributed by atoms with E-state index in [0.29, 0.717) is 17.6 Å². The van der Waals surface area contributed by atoms with Gasteiger partial charge in [-0.3, -0.25) is 9.69 Å². The monoisotopic (exact) mass is 492 g/mol. The average Bonchev–Trinajstić information content (AvgIpc) is 3.50. The molecule has 1 saturated carbocycles. The fraction of sp³-hybridized carbons (Fsp3) is 0.407. The number of nitrogens with zero attached hydrogens (tertiary/aromatic N) is 3. The first-order valence-corrected chi connectivity index (χ1v) is 12.9. The molecule has 2 atom stereocenters. The second-order valence-electron chi connectivity index (χ2n) is 9.23. The zero-order chi connectivity index (χ0) is 24.2. The van der Waals surface area contributed by atoms with Gasteiger partial charge in [0.2, 0.25) is 5.91 Å². The number of benzene rings is 2. The minimum Gasteiger partial charge on any atom is -0.497 e. The zero-order valence-corrected chi connectivity index (χ0v) is 21.1. The molecule has 3 aromatic rings. The van der Waals surface area contributed by atoms with Crippen LogP contribution in [0.1, 0.15) is 12.0 Å². The summed E-state index contributed by atoms with van der Waals surface area (Å²) in [4.78, 5) is 17.3. The lowest BCUT2D eigenvalue weighted by Gasteiger charge is -2.35. The first kappa shape index (κ1) is 23.6. The highest BCUT2D eigenvalue weighted by atomic mass is 32.1. The number of carbonyl (C=O) groups excluding carboxylic acids is 1. The largest absolute Gasteiger partial charge is 0.497 e. The number of hydrogen-bond donors (Lipinski definition) is 1. The molecule has 0 radical (unpaired) electrons. The van der Waals surface area contributed by atoms with Crippen molar-refractivity contribution in [2.45, 2.75) is 6.42 Å². The van der Waals surface area contributed by atoms with Gasteiger partial charge in [-0.05, 0) is 60.1 Å². The minimum absolute atomic E-state index is 0.0716. The van der Waals surface area contributed by atoms with Gasteiger partial charge in [-0.2, -0.15) is 4.37 Å². The van der Waals surface area contributed by atoms with Crippen LogP contribution in [0.5, 0.6) is 11.5 Å². The highest BCUT2D eigenvalue weighted by molar-refractivity contribution is 7.13. The maximum atomic E-state index is 12.3. The van der Waals surface area contributed by atoms with Gasteiger partial charge in [0, 0.05) is 62.4 Å². The summed E-state index contributed by atoms with van der Waals surface area (Å²) < 4.78 is 16.6. The predicted octanol–water partition coefficient (Wildman–Crippen LogP) is 3.90. The summed E-state index contributed by atoms with van der Waals surface area (Å²) in [6.45, 7) is 6.01. The van der Waals surface area contributed by atoms with E-state index in [1.54, 1.807) is 37.9 Å². The quantitative estimate of drug-likeness (QED) is 0.457. The molecule has 1 aromatic heterocycles. The van der Waals surface area contributed by atoms with Crippen molar-refractivity contribution in [3.8, 4) is 11.5 Å². The number of fused-ring (bicyclic) bond motifs is 1. The molecule has 2 heterocycles. The number of piperazine rings is 1. The van der Waals surface area contributed by atoms with Crippen LogP contribution in [0.4, 0.5) is 5.82 Å². The fourth-order valence-electron chi connectivity index (χ4n) is 4.77. The number of hydrogen-bond acceptors (Lipinski definition) is 7. The van der Waals surface area contributed by atoms with Crippen LogP contribution in [-0.2, 0) is 4.79 Å². The molecule has 184 valence electrons. The Labute approximate surface area is 210 Å². The first-order chi connectivity index (χ1) is 17.1. The molecule has 1 aliphatic carbocycles. The summed E-state index contributed by atoms with van der Waals surface area (Å²) in [5.41, 5.74) is 0.845. The van der Waals surface area contributed by atoms with Gasteiger partial charge >= 0.3 is 0 Å². The third-order valence-corrected chi connectivity index (χ3v) is 7.80. The molecule has 1 aliphatic heterocycles. The van der Waals surface area contributed by atoms with Gasteiger partial charge in [-0.25, -0.2) is 0 Å². The van der Waals surface area contributed by atoms with Gasteiger partial charge in [-0.15, -0.1) is 0 Å². The summed E-state index contributed by atoms with van der Waals surface area (Å²) in [6.07, 6.45) is 4.54. The molecular weight excluding hydrogens is 460 g/mol. The maximum Gasteiger partial charge on any atom is 0.244 e. The molecule has 2 aromatic carbocycles. The SMILES string of the molecule is COc1ccc(C=CC(=O)NC[C@H]2C[C@@H]2CN2CCN(c3nsc4ccccc34)CC2)c(OC)c1. The van der Waals surface area contributed by atoms with E-state index >= 15 is 0 Å². The van der Waals surface area contributed by atoms with Crippen LogP contribution in [0.3, 0.4) is 0 Å². The molecule has 0 spiro atoms. The second kappa shape index (κ2) is 10.7. The highest BCUT2D eigenvalue weighted by Gasteiger charge is 2.38. The Morgan fingerprint density at radius 1 is 1.11 bits per heavy atom. The van der Waals surface area contributed by atoms with Crippen LogP contribution in [-0.4, -0.2) is 68.7 Å². The molecule has 1 saturated heterocycles. The van der Waals surface area contributed by atoms with E-state index in [-0.39, 0.29) is 5.91 Å². The molecule has 2 fully saturated rings. The second-order valence-corrected chi connectivity index (χ2v) is 10.0. The van der Waals surface area contributed by atoms with E-state index in [4.69, 9.17) is 13.8 Å². The molecule has 35 heavy (non-hydrogen) atoms. The smallest absolute Gasteiger partial charge is 0.244 e. The molecule has 5 rings (SSSR count). The molecule has 2 aliphatic rings. The van der Waals surface area contributed by atoms with Gasteiger partial charge in [0.05, 0.1) is 18.9 Å². The van der Waals surface area contributed by atoms with E-state index < -0.39 is 0 Å². The van der Waals surface area contributed by atoms with Crippen molar-refractivity contribution in [1.29, 1.82) is 0 Å². The normalized spacial score (nSPS) is 20.3. The van der Waals surface area contributed by atoms with E-state index in [2.05, 4.69) is 39.4 Å². The third-order valence-electron chi connectivity index (χ3n) is 6.99. The van der Waals surface area contributed by atoms with Crippen molar-refractivity contribution in [2.75, 3.05) is 58.4 Å². The predicted molar refractivity (Wildman–Crippen MR) is 141 cm³/mol. The number of amides is 1. The van der Waals surface area contributed by atoms with Crippen LogP contribution in [0.15, 0.2) is 48.5 Å². The van der Waals surface area contributed by atoms with Gasteiger partial charge < -0.3 is 19.7 Å². The molecular formula is C27H32N4O3S. The molecule has 1 amide bonds. The van der Waals surface area contributed by atoms with Crippen LogP contribution in [0.25, 0.3) is 16.2 Å². The Hall–Kier alpha value is -3.10. The van der Waals surface area contributed by atoms with Crippen LogP contribution < -0.4 is 19.7 Å². The maximum absolute atomic E-state index is 12.3. The first-order valence-electron chi connectivity index (χ1n) is 12.1. The number of ether oxygens (including phenoxy) is 2. The Bertz CT molecular complexity index is 1200. The highest BCUT2D eigenvalue weighted by Crippen LogP contribution is 2.39. The number of methoxy groups -OCH3 is 2. The summed E-state index contributed by atoms with van der Waals surface area (Å²) >= 11 is 1.59. The average molecular weight is 493 g/mol. The lowest BCUT2D eigenvalue weighted by Crippen LogP contribution is -2.47. The molecule has 8 heteroatoms. The van der Waals surface area contributed by atoms with Gasteiger partial charge in [0.1, 0.15) is 17.3 Å². The van der Waals surface area contributed by atoms with E-state index in [0.717, 1.165) is 56.4 Å². The third kappa shape index (κ3) is 5.60. The van der Waals surface area contributed by atoms with Crippen molar-refractivity contribution >= 4 is 39.4 Å². The minimum atomic E-state index is -0.0716. The summed E-state index contributed by atoms with van der Waals surface area (Å²) in [5.74, 6) is 3.71. The van der Waals surface area contributed by atoms with Crippen molar-refractivity contribution in [1.82, 2.24) is 14.6 Å². The molecule has 7 nitrogen and oxygen atoms in total. The topological polar surface area (TPSA) is 66.9 Å². The fourth-order valence-corrected chi connectivity index (χ4v) is 5.57. The lowest BCUT2D eigenvalue weighted by atomic mass is 10.1. The van der Waals surface area contributed by atoms with Gasteiger partial charge in [0.15, 0.2) is 0 Å². The van der Waals surface area contributed by atoms with Crippen molar-refractivity contribution < 1.29 is 14.3 Å². The number of nitrogens with one attached hydrogen (secondary N) is 1. The summed E-state index contributed by atoms with van der Waals surface area (Å²) in [6, 6.07) is 14.0. The number of aromatic nitrogens is 1. The standard InChI is InChI=1S/C27H32N4O3S/c1-33-22-9-7-19(24(16-22)34-2)8-10-26(32)28-17-20-15-21(20)18-30-11-13-31(14-12-30)27-23-5-3-4-6-25(23)35-29-27/h3-10,16,20-21H,11-15,17-18H2,1-2H3,(H,28,32)/t20-,21-/m1/s1. The number of anilines is 1. The lowest BCUT2D eigenvalue weighted by molar-refractivity contribution is -0.116. The number of carbonyl (C=O) groups is 1. The van der Waals surface area contributed by atoms with E-state index in [1.807, 2.05) is 18.2 Å². The molecule has 0 bridgehead atoms. The summed E-state index contributed by atoms with van der Waals surface area (Å²) in [5, 5.41) is 4.33. The van der Waals surface area contributed by atoms with Crippen LogP contribution >= 0.6 is 11.5 Å². The van der Waals surface area contributed by atoms with Gasteiger partial charge in [-0.1, -0.05) is 12.1 Å². The Kier molecular flexibility index (Phi) is 7.20. The van der Waals surface area contributed by atoms with E-state index in [9.17, 15) is 4.79 Å². The van der Waals surface area contributed by atoms with Crippen molar-refractivity contribution in [2.24, 2.45) is 11.8 Å². The zero-order valence-electron chi connectivity index (χ0n) is 20.3. The molecule has 1 N–H and O–H groups in total.